The molecule has 0 atom stereocenters. The molecule has 0 N–H and O–H groups in total. The first-order chi connectivity index (χ1) is 8.08. The highest BCUT2D eigenvalue weighted by Crippen LogP contribution is 2.12. The Bertz CT molecular complexity index is 467. The van der Waals surface area contributed by atoms with Gasteiger partial charge in [-0.25, -0.2) is 8.42 Å². The average molecular weight is 255 g/mol. The maximum Gasteiger partial charge on any atom is 0.216 e. The van der Waals surface area contributed by atoms with E-state index in [1.54, 1.807) is 0 Å². The van der Waals surface area contributed by atoms with Crippen molar-refractivity contribution in [3.8, 4) is 0 Å². The molecule has 0 amide bonds. The molecule has 1 aromatic carbocycles. The maximum atomic E-state index is 11.9. The highest BCUT2D eigenvalue weighted by atomic mass is 32.2. The lowest BCUT2D eigenvalue weighted by Gasteiger charge is -2.18. The van der Waals surface area contributed by atoms with E-state index in [2.05, 4.69) is 0 Å². The first-order valence-electron chi connectivity index (χ1n) is 5.69. The maximum absolute atomic E-state index is 11.9. The van der Waals surface area contributed by atoms with Gasteiger partial charge in [-0.3, -0.25) is 0 Å². The topological polar surface area (TPSA) is 46.6 Å². The molecule has 1 heterocycles. The van der Waals surface area contributed by atoms with Crippen LogP contribution in [0.2, 0.25) is 0 Å². The lowest BCUT2D eigenvalue weighted by atomic mass is 10.1. The summed E-state index contributed by atoms with van der Waals surface area (Å²) in [5.74, 6) is 0.0822. The number of rotatable bonds is 2. The van der Waals surface area contributed by atoms with Crippen molar-refractivity contribution in [1.82, 2.24) is 4.31 Å². The predicted molar refractivity (Wildman–Crippen MR) is 66.2 cm³/mol. The van der Waals surface area contributed by atoms with Crippen LogP contribution in [0, 0.1) is 6.92 Å². The molecule has 1 saturated heterocycles. The normalized spacial score (nSPS) is 21.0. The van der Waals surface area contributed by atoms with Gasteiger partial charge in [0.15, 0.2) is 0 Å². The minimum absolute atomic E-state index is 0.0822. The molecule has 94 valence electrons. The Morgan fingerprint density at radius 2 is 1.94 bits per heavy atom. The Morgan fingerprint density at radius 3 is 2.65 bits per heavy atom. The first-order valence-corrected chi connectivity index (χ1v) is 7.30. The largest absolute Gasteiger partial charge is 0.379 e. The summed E-state index contributed by atoms with van der Waals surface area (Å²) >= 11 is 0. The highest BCUT2D eigenvalue weighted by Gasteiger charge is 2.24. The quantitative estimate of drug-likeness (QED) is 0.796. The van der Waals surface area contributed by atoms with E-state index in [9.17, 15) is 8.42 Å². The van der Waals surface area contributed by atoms with Crippen LogP contribution in [0.15, 0.2) is 24.3 Å². The molecule has 1 aliphatic rings. The van der Waals surface area contributed by atoms with Crippen molar-refractivity contribution >= 4 is 10.0 Å². The van der Waals surface area contributed by atoms with Crippen LogP contribution in [0.5, 0.6) is 0 Å². The lowest BCUT2D eigenvalue weighted by Crippen LogP contribution is -2.33. The summed E-state index contributed by atoms with van der Waals surface area (Å²) in [6, 6.07) is 7.93. The highest BCUT2D eigenvalue weighted by molar-refractivity contribution is 7.89. The first kappa shape index (κ1) is 12.5. The standard InChI is InChI=1S/C12H17NO3S/c1-11-2-4-12(5-3-11)10-13-6-7-16-8-9-17(13,14)15/h2-5H,6-10H2,1H3. The van der Waals surface area contributed by atoms with Crippen molar-refractivity contribution in [2.24, 2.45) is 0 Å². The summed E-state index contributed by atoms with van der Waals surface area (Å²) in [6.07, 6.45) is 0. The number of ether oxygens (including phenoxy) is 1. The van der Waals surface area contributed by atoms with Gasteiger partial charge in [-0.2, -0.15) is 4.31 Å². The Kier molecular flexibility index (Phi) is 3.81. The molecule has 0 radical (unpaired) electrons. The molecule has 1 aromatic rings. The number of hydrogen-bond donors (Lipinski definition) is 0. The molecular weight excluding hydrogens is 238 g/mol. The van der Waals surface area contributed by atoms with Crippen LogP contribution in [-0.2, 0) is 21.3 Å². The Labute approximate surface area is 102 Å². The van der Waals surface area contributed by atoms with E-state index in [0.29, 0.717) is 26.3 Å². The molecule has 0 bridgehead atoms. The third kappa shape index (κ3) is 3.28. The van der Waals surface area contributed by atoms with E-state index in [-0.39, 0.29) is 5.75 Å². The smallest absolute Gasteiger partial charge is 0.216 e. The van der Waals surface area contributed by atoms with Gasteiger partial charge in [0, 0.05) is 13.1 Å². The van der Waals surface area contributed by atoms with Crippen LogP contribution in [0.25, 0.3) is 0 Å². The number of nitrogens with zero attached hydrogens (tertiary/aromatic N) is 1. The Hall–Kier alpha value is -0.910. The van der Waals surface area contributed by atoms with E-state index in [4.69, 9.17) is 4.74 Å². The van der Waals surface area contributed by atoms with E-state index < -0.39 is 10.0 Å². The molecule has 1 aliphatic heterocycles. The van der Waals surface area contributed by atoms with Crippen LogP contribution < -0.4 is 0 Å². The third-order valence-electron chi connectivity index (χ3n) is 2.84. The fourth-order valence-electron chi connectivity index (χ4n) is 1.78. The number of benzene rings is 1. The molecule has 2 rings (SSSR count). The van der Waals surface area contributed by atoms with Crippen molar-refractivity contribution in [1.29, 1.82) is 0 Å². The summed E-state index contributed by atoms with van der Waals surface area (Å²) in [6.45, 7) is 3.67. The van der Waals surface area contributed by atoms with Crippen LogP contribution >= 0.6 is 0 Å². The van der Waals surface area contributed by atoms with Gasteiger partial charge in [-0.1, -0.05) is 29.8 Å². The second kappa shape index (κ2) is 5.16. The van der Waals surface area contributed by atoms with Crippen molar-refractivity contribution in [3.05, 3.63) is 35.4 Å². The average Bonchev–Trinajstić information content (AvgIpc) is 2.44. The predicted octanol–water partition coefficient (Wildman–Crippen LogP) is 1.16. The van der Waals surface area contributed by atoms with Crippen LogP contribution in [-0.4, -0.2) is 38.2 Å². The molecule has 4 nitrogen and oxygen atoms in total. The second-order valence-corrected chi connectivity index (χ2v) is 6.34. The van der Waals surface area contributed by atoms with Crippen molar-refractivity contribution < 1.29 is 13.2 Å². The zero-order valence-corrected chi connectivity index (χ0v) is 10.7. The Balaban J connectivity index is 2.13. The molecule has 0 aliphatic carbocycles. The van der Waals surface area contributed by atoms with Gasteiger partial charge in [0.05, 0.1) is 19.0 Å². The van der Waals surface area contributed by atoms with Gasteiger partial charge in [0.2, 0.25) is 10.0 Å². The number of aryl methyl sites for hydroxylation is 1. The molecule has 5 heteroatoms. The van der Waals surface area contributed by atoms with Crippen molar-refractivity contribution in [2.75, 3.05) is 25.5 Å². The summed E-state index contributed by atoms with van der Waals surface area (Å²) in [5, 5.41) is 0. The zero-order chi connectivity index (χ0) is 12.3. The number of sulfonamides is 1. The fourth-order valence-corrected chi connectivity index (χ4v) is 3.06. The molecule has 17 heavy (non-hydrogen) atoms. The van der Waals surface area contributed by atoms with E-state index >= 15 is 0 Å². The van der Waals surface area contributed by atoms with Gasteiger partial charge < -0.3 is 4.74 Å². The molecule has 0 aromatic heterocycles. The van der Waals surface area contributed by atoms with Crippen LogP contribution in [0.1, 0.15) is 11.1 Å². The molecular formula is C12H17NO3S. The van der Waals surface area contributed by atoms with Gasteiger partial charge in [0.25, 0.3) is 0 Å². The van der Waals surface area contributed by atoms with Crippen LogP contribution in [0.3, 0.4) is 0 Å². The second-order valence-electron chi connectivity index (χ2n) is 4.25. The molecule has 0 saturated carbocycles. The molecule has 0 unspecified atom stereocenters. The number of hydrogen-bond acceptors (Lipinski definition) is 3. The summed E-state index contributed by atoms with van der Waals surface area (Å²) < 4.78 is 30.5. The van der Waals surface area contributed by atoms with Gasteiger partial charge in [-0.15, -0.1) is 0 Å². The minimum Gasteiger partial charge on any atom is -0.379 e. The van der Waals surface area contributed by atoms with Crippen molar-refractivity contribution in [2.45, 2.75) is 13.5 Å². The zero-order valence-electron chi connectivity index (χ0n) is 9.93. The van der Waals surface area contributed by atoms with E-state index in [1.165, 1.54) is 9.87 Å². The van der Waals surface area contributed by atoms with Crippen LogP contribution in [0.4, 0.5) is 0 Å². The molecule has 0 spiro atoms. The molecule has 1 fully saturated rings. The summed E-state index contributed by atoms with van der Waals surface area (Å²) in [4.78, 5) is 0. The van der Waals surface area contributed by atoms with Gasteiger partial charge >= 0.3 is 0 Å². The lowest BCUT2D eigenvalue weighted by molar-refractivity contribution is 0.146. The fraction of sp³-hybridized carbons (Fsp3) is 0.500. The van der Waals surface area contributed by atoms with Crippen molar-refractivity contribution in [3.63, 3.8) is 0 Å². The van der Waals surface area contributed by atoms with Gasteiger partial charge in [-0.05, 0) is 12.5 Å². The SMILES string of the molecule is Cc1ccc(CN2CCOCCS2(=O)=O)cc1. The summed E-state index contributed by atoms with van der Waals surface area (Å²) in [7, 11) is -3.16. The van der Waals surface area contributed by atoms with Gasteiger partial charge in [0.1, 0.15) is 0 Å². The van der Waals surface area contributed by atoms with E-state index in [1.807, 2.05) is 31.2 Å². The monoisotopic (exact) mass is 255 g/mol. The Morgan fingerprint density at radius 1 is 1.24 bits per heavy atom. The van der Waals surface area contributed by atoms with E-state index in [0.717, 1.165) is 5.56 Å². The summed E-state index contributed by atoms with van der Waals surface area (Å²) in [5.41, 5.74) is 2.19. The third-order valence-corrected chi connectivity index (χ3v) is 4.62. The minimum atomic E-state index is -3.16.